The third kappa shape index (κ3) is 3.88. The summed E-state index contributed by atoms with van der Waals surface area (Å²) in [5.41, 5.74) is 0.540. The average molecular weight is 442 g/mol. The number of halogens is 2. The van der Waals surface area contributed by atoms with Gasteiger partial charge in [0.25, 0.3) is 10.0 Å². The Labute approximate surface area is 179 Å². The second-order valence-electron chi connectivity index (χ2n) is 7.61. The first-order valence-corrected chi connectivity index (χ1v) is 11.0. The molecular formula is C22H20F2N4O2S. The third-order valence-corrected chi connectivity index (χ3v) is 6.61. The molecule has 0 amide bonds. The highest BCUT2D eigenvalue weighted by molar-refractivity contribution is 7.90. The van der Waals surface area contributed by atoms with Crippen molar-refractivity contribution < 1.29 is 17.2 Å². The molecule has 2 heterocycles. The van der Waals surface area contributed by atoms with E-state index in [0.29, 0.717) is 16.8 Å². The molecule has 0 atom stereocenters. The number of nitrogens with one attached hydrogen (secondary N) is 2. The average Bonchev–Trinajstić information content (AvgIpc) is 2.72. The molecule has 0 unspecified atom stereocenters. The molecule has 4 rings (SSSR count). The minimum atomic E-state index is -3.93. The number of benzene rings is 2. The van der Waals surface area contributed by atoms with Gasteiger partial charge in [0, 0.05) is 11.6 Å². The smallest absolute Gasteiger partial charge is 0.266 e. The van der Waals surface area contributed by atoms with Crippen LogP contribution < -0.4 is 10.0 Å². The van der Waals surface area contributed by atoms with Crippen LogP contribution in [0.5, 0.6) is 0 Å². The largest absolute Gasteiger partial charge is 0.324 e. The summed E-state index contributed by atoms with van der Waals surface area (Å²) in [7, 11) is -3.93. The van der Waals surface area contributed by atoms with Crippen LogP contribution in [-0.4, -0.2) is 19.4 Å². The second kappa shape index (κ2) is 7.73. The predicted octanol–water partition coefficient (Wildman–Crippen LogP) is 3.95. The van der Waals surface area contributed by atoms with Gasteiger partial charge in [0.1, 0.15) is 16.5 Å². The molecule has 0 radical (unpaired) electrons. The fourth-order valence-electron chi connectivity index (χ4n) is 3.60. The molecule has 31 heavy (non-hydrogen) atoms. The van der Waals surface area contributed by atoms with Crippen molar-refractivity contribution in [2.24, 2.45) is 4.99 Å². The van der Waals surface area contributed by atoms with E-state index < -0.39 is 21.3 Å². The molecule has 6 nitrogen and oxygen atoms in total. The molecule has 0 saturated heterocycles. The van der Waals surface area contributed by atoms with Gasteiger partial charge in [-0.2, -0.15) is 0 Å². The number of sulfonamides is 1. The molecule has 3 aromatic rings. The number of fused-ring (bicyclic) bond motifs is 1. The van der Waals surface area contributed by atoms with Crippen molar-refractivity contribution in [3.8, 4) is 0 Å². The lowest BCUT2D eigenvalue weighted by atomic mass is 9.77. The Morgan fingerprint density at radius 1 is 0.968 bits per heavy atom. The number of rotatable bonds is 4. The van der Waals surface area contributed by atoms with E-state index in [1.165, 1.54) is 30.5 Å². The van der Waals surface area contributed by atoms with Gasteiger partial charge in [-0.05, 0) is 35.4 Å². The summed E-state index contributed by atoms with van der Waals surface area (Å²) in [5.74, 6) is -0.983. The Morgan fingerprint density at radius 2 is 1.68 bits per heavy atom. The van der Waals surface area contributed by atoms with Gasteiger partial charge < -0.3 is 5.32 Å². The van der Waals surface area contributed by atoms with Gasteiger partial charge in [0.2, 0.25) is 5.96 Å². The number of hydrogen-bond acceptors (Lipinski definition) is 4. The molecule has 0 aliphatic carbocycles. The molecule has 2 N–H and O–H groups in total. The molecule has 0 spiro atoms. The van der Waals surface area contributed by atoms with Crippen LogP contribution in [0.15, 0.2) is 70.7 Å². The maximum absolute atomic E-state index is 14.6. The monoisotopic (exact) mass is 442 g/mol. The summed E-state index contributed by atoms with van der Waals surface area (Å²) < 4.78 is 56.5. The van der Waals surface area contributed by atoms with E-state index >= 15 is 0 Å². The van der Waals surface area contributed by atoms with Crippen molar-refractivity contribution >= 4 is 21.7 Å². The standard InChI is InChI=1S/C22H20F2N4O2S/c1-22(2,14-7-3-4-9-16(14)23)15-8-5-11-19-20(15)27-21(28-31(19,29)30)26-13-18-17(24)10-6-12-25-18/h3-12H,13H2,1-2H3,(H2,26,27,28). The molecular weight excluding hydrogens is 422 g/mol. The van der Waals surface area contributed by atoms with Crippen LogP contribution in [0.4, 0.5) is 14.5 Å². The summed E-state index contributed by atoms with van der Waals surface area (Å²) >= 11 is 0. The fourth-order valence-corrected chi connectivity index (χ4v) is 4.77. The topological polar surface area (TPSA) is 83.4 Å². The number of anilines is 1. The van der Waals surface area contributed by atoms with Crippen molar-refractivity contribution in [2.75, 3.05) is 5.32 Å². The lowest BCUT2D eigenvalue weighted by Gasteiger charge is -2.32. The van der Waals surface area contributed by atoms with Gasteiger partial charge in [0.05, 0.1) is 17.9 Å². The second-order valence-corrected chi connectivity index (χ2v) is 9.26. The molecule has 0 fully saturated rings. The van der Waals surface area contributed by atoms with Crippen molar-refractivity contribution in [3.05, 3.63) is 89.2 Å². The molecule has 0 bridgehead atoms. The first-order valence-electron chi connectivity index (χ1n) is 9.52. The predicted molar refractivity (Wildman–Crippen MR) is 114 cm³/mol. The maximum atomic E-state index is 14.6. The van der Waals surface area contributed by atoms with Crippen LogP contribution in [0.2, 0.25) is 0 Å². The van der Waals surface area contributed by atoms with Crippen LogP contribution in [0.3, 0.4) is 0 Å². The van der Waals surface area contributed by atoms with E-state index in [1.807, 2.05) is 13.8 Å². The molecule has 1 aliphatic heterocycles. The molecule has 9 heteroatoms. The summed E-state index contributed by atoms with van der Waals surface area (Å²) in [4.78, 5) is 8.11. The van der Waals surface area contributed by atoms with Crippen molar-refractivity contribution in [2.45, 2.75) is 30.7 Å². The molecule has 0 saturated carbocycles. The van der Waals surface area contributed by atoms with Crippen LogP contribution in [0, 0.1) is 11.6 Å². The summed E-state index contributed by atoms with van der Waals surface area (Å²) in [5, 5.41) is 2.99. The van der Waals surface area contributed by atoms with Gasteiger partial charge in [-0.3, -0.25) is 4.98 Å². The number of guanidine groups is 1. The number of pyridine rings is 1. The number of aromatic nitrogens is 1. The number of nitrogens with zero attached hydrogens (tertiary/aromatic N) is 2. The molecule has 1 aliphatic rings. The minimum Gasteiger partial charge on any atom is -0.324 e. The molecule has 1 aromatic heterocycles. The normalized spacial score (nSPS) is 16.3. The summed E-state index contributed by atoms with van der Waals surface area (Å²) in [6, 6.07) is 13.9. The van der Waals surface area contributed by atoms with Gasteiger partial charge >= 0.3 is 0 Å². The Morgan fingerprint density at radius 3 is 2.42 bits per heavy atom. The van der Waals surface area contributed by atoms with Gasteiger partial charge in [-0.25, -0.2) is 26.9 Å². The van der Waals surface area contributed by atoms with E-state index in [2.05, 4.69) is 20.0 Å². The van der Waals surface area contributed by atoms with Crippen molar-refractivity contribution in [1.29, 1.82) is 0 Å². The first kappa shape index (κ1) is 20.9. The quantitative estimate of drug-likeness (QED) is 0.641. The van der Waals surface area contributed by atoms with Crippen LogP contribution in [0.1, 0.15) is 30.7 Å². The number of para-hydroxylation sites is 1. The Bertz CT molecular complexity index is 1290. The first-order chi connectivity index (χ1) is 14.7. The fraction of sp³-hybridized carbons (Fsp3) is 0.182. The molecule has 160 valence electrons. The molecule has 2 aromatic carbocycles. The number of hydrogen-bond donors (Lipinski definition) is 2. The SMILES string of the molecule is CC(C)(c1ccccc1F)c1cccc2c1NC(=NCc1ncccc1F)NS2(=O)=O. The van der Waals surface area contributed by atoms with Crippen LogP contribution >= 0.6 is 0 Å². The zero-order chi connectivity index (χ0) is 22.2. The van der Waals surface area contributed by atoms with Crippen molar-refractivity contribution in [1.82, 2.24) is 9.71 Å². The van der Waals surface area contributed by atoms with Gasteiger partial charge in [-0.1, -0.05) is 44.2 Å². The van der Waals surface area contributed by atoms with E-state index in [1.54, 1.807) is 30.3 Å². The van der Waals surface area contributed by atoms with E-state index in [4.69, 9.17) is 0 Å². The van der Waals surface area contributed by atoms with E-state index in [-0.39, 0.29) is 28.9 Å². The van der Waals surface area contributed by atoms with E-state index in [0.717, 1.165) is 0 Å². The Balaban J connectivity index is 1.79. The lowest BCUT2D eigenvalue weighted by molar-refractivity contribution is 0.548. The third-order valence-electron chi connectivity index (χ3n) is 5.23. The summed E-state index contributed by atoms with van der Waals surface area (Å²) in [6.07, 6.45) is 1.43. The Hall–Kier alpha value is -3.33. The highest BCUT2D eigenvalue weighted by atomic mass is 32.2. The highest BCUT2D eigenvalue weighted by Crippen LogP contribution is 2.40. The van der Waals surface area contributed by atoms with Crippen molar-refractivity contribution in [3.63, 3.8) is 0 Å². The Kier molecular flexibility index (Phi) is 5.22. The summed E-state index contributed by atoms with van der Waals surface area (Å²) in [6.45, 7) is 3.47. The minimum absolute atomic E-state index is 0.0254. The van der Waals surface area contributed by atoms with Gasteiger partial charge in [-0.15, -0.1) is 0 Å². The zero-order valence-electron chi connectivity index (χ0n) is 16.9. The van der Waals surface area contributed by atoms with Crippen LogP contribution in [0.25, 0.3) is 0 Å². The van der Waals surface area contributed by atoms with Crippen LogP contribution in [-0.2, 0) is 22.0 Å². The van der Waals surface area contributed by atoms with Gasteiger partial charge in [0.15, 0.2) is 0 Å². The number of aliphatic imine (C=N–C) groups is 1. The maximum Gasteiger partial charge on any atom is 0.266 e. The lowest BCUT2D eigenvalue weighted by Crippen LogP contribution is -2.42. The van der Waals surface area contributed by atoms with E-state index in [9.17, 15) is 17.2 Å². The highest BCUT2D eigenvalue weighted by Gasteiger charge is 2.35. The zero-order valence-corrected chi connectivity index (χ0v) is 17.7.